The van der Waals surface area contributed by atoms with Gasteiger partial charge in [0, 0.05) is 0 Å². The fraction of sp³-hybridized carbons (Fsp3) is 0.500. The summed E-state index contributed by atoms with van der Waals surface area (Å²) in [5.41, 5.74) is 4.94. The maximum atomic E-state index is 9.70. The van der Waals surface area contributed by atoms with Crippen molar-refractivity contribution in [1.29, 1.82) is 0 Å². The van der Waals surface area contributed by atoms with Crippen molar-refractivity contribution in [3.63, 3.8) is 0 Å². The monoisotopic (exact) mass is 161 g/mol. The molecule has 0 rings (SSSR count). The van der Waals surface area contributed by atoms with Crippen LogP contribution >= 0.6 is 15.8 Å². The average molecular weight is 161 g/mol. The Hall–Kier alpha value is -0.0200. The summed E-state index contributed by atoms with van der Waals surface area (Å²) in [6.07, 6.45) is 0. The second-order valence-electron chi connectivity index (χ2n) is 1.10. The first-order valence-electron chi connectivity index (χ1n) is 2.23. The summed E-state index contributed by atoms with van der Waals surface area (Å²) in [5.74, 6) is 0. The van der Waals surface area contributed by atoms with Crippen LogP contribution in [0.5, 0.6) is 0 Å². The summed E-state index contributed by atoms with van der Waals surface area (Å²) >= 11 is 0. The van der Waals surface area contributed by atoms with Gasteiger partial charge in [-0.15, -0.1) is 0 Å². The van der Waals surface area contributed by atoms with Crippen molar-refractivity contribution in [3.8, 4) is 11.3 Å². The molecule has 3 nitrogen and oxygen atoms in total. The molecule has 0 aromatic heterocycles. The summed E-state index contributed by atoms with van der Waals surface area (Å²) in [7, 11) is -0.212. The molecule has 0 spiro atoms. The minimum atomic E-state index is -0.106. The summed E-state index contributed by atoms with van der Waals surface area (Å²) in [6, 6.07) is 0. The van der Waals surface area contributed by atoms with E-state index in [1.54, 1.807) is 0 Å². The van der Waals surface area contributed by atoms with Gasteiger partial charge in [0.2, 0.25) is 0 Å². The van der Waals surface area contributed by atoms with Crippen molar-refractivity contribution in [3.05, 3.63) is 0 Å². The molecule has 0 saturated heterocycles. The Morgan fingerprint density at radius 2 is 1.56 bits per heavy atom. The first-order chi connectivity index (χ1) is 4.41. The van der Waals surface area contributed by atoms with Gasteiger partial charge in [0.1, 0.15) is 0 Å². The van der Waals surface area contributed by atoms with E-state index in [0.29, 0.717) is 13.1 Å². The predicted octanol–water partition coefficient (Wildman–Crippen LogP) is 1.08. The van der Waals surface area contributed by atoms with Crippen molar-refractivity contribution < 1.29 is 9.13 Å². The molecule has 0 fully saturated rings. The van der Waals surface area contributed by atoms with Gasteiger partial charge in [0.15, 0.2) is 0 Å². The summed E-state index contributed by atoms with van der Waals surface area (Å²) in [5, 5.41) is 2.75. The standard InChI is InChI=1S/C4H5NO2P2/c6-8-3-1-5-2-4-9-7/h5H,1-2H2. The van der Waals surface area contributed by atoms with Gasteiger partial charge in [0.25, 0.3) is 0 Å². The molecular weight excluding hydrogens is 156 g/mol. The molecule has 9 heavy (non-hydrogen) atoms. The third-order valence-electron chi connectivity index (χ3n) is 0.537. The quantitative estimate of drug-likeness (QED) is 0.486. The Morgan fingerprint density at radius 1 is 1.11 bits per heavy atom. The van der Waals surface area contributed by atoms with E-state index >= 15 is 0 Å². The minimum absolute atomic E-state index is 0.106. The van der Waals surface area contributed by atoms with Gasteiger partial charge < -0.3 is 0 Å². The van der Waals surface area contributed by atoms with Gasteiger partial charge in [-0.1, -0.05) is 0 Å². The van der Waals surface area contributed by atoms with Crippen molar-refractivity contribution in [1.82, 2.24) is 5.32 Å². The Bertz CT molecular complexity index is 220. The van der Waals surface area contributed by atoms with E-state index in [1.807, 2.05) is 0 Å². The molecule has 0 bridgehead atoms. The molecule has 0 amide bonds. The topological polar surface area (TPSA) is 46.2 Å². The van der Waals surface area contributed by atoms with Crippen LogP contribution in [0.15, 0.2) is 0 Å². The first kappa shape index (κ1) is 8.98. The third kappa shape index (κ3) is 7.98. The van der Waals surface area contributed by atoms with Gasteiger partial charge in [-0.3, -0.25) is 0 Å². The molecule has 0 aliphatic rings. The summed E-state index contributed by atoms with van der Waals surface area (Å²) in [6.45, 7) is 0.848. The molecule has 0 unspecified atom stereocenters. The average Bonchev–Trinajstić information content (AvgIpc) is 1.89. The zero-order chi connectivity index (χ0) is 6.95. The second kappa shape index (κ2) is 7.98. The molecule has 0 radical (unpaired) electrons. The molecule has 0 aliphatic heterocycles. The van der Waals surface area contributed by atoms with Crippen molar-refractivity contribution >= 4 is 15.8 Å². The molecule has 0 atom stereocenters. The molecule has 0 heterocycles. The third-order valence-corrected chi connectivity index (χ3v) is 1.11. The predicted molar refractivity (Wildman–Crippen MR) is 35.9 cm³/mol. The van der Waals surface area contributed by atoms with Crippen LogP contribution in [-0.4, -0.2) is 13.1 Å². The fourth-order valence-electron chi connectivity index (χ4n) is 0.239. The number of hydrogen-bond acceptors (Lipinski definition) is 3. The van der Waals surface area contributed by atoms with Crippen molar-refractivity contribution in [2.75, 3.05) is 13.1 Å². The molecule has 1 N–H and O–H groups in total. The normalized spacial score (nSPS) is 7.11. The Morgan fingerprint density at radius 3 is 1.89 bits per heavy atom. The summed E-state index contributed by atoms with van der Waals surface area (Å²) in [4.78, 5) is 0. The molecular formula is C4H5NO2P2. The van der Waals surface area contributed by atoms with Crippen LogP contribution in [-0.2, 0) is 9.13 Å². The number of nitrogens with one attached hydrogen (secondary N) is 1. The SMILES string of the molecule is O=P#CCNCC#P=O. The van der Waals surface area contributed by atoms with Gasteiger partial charge in [-0.2, -0.15) is 0 Å². The molecule has 0 aromatic rings. The first-order valence-corrected chi connectivity index (χ1v) is 3.85. The van der Waals surface area contributed by atoms with Crippen LogP contribution in [0, 0.1) is 11.3 Å². The van der Waals surface area contributed by atoms with Crippen LogP contribution in [0.3, 0.4) is 0 Å². The second-order valence-corrected chi connectivity index (χ2v) is 2.10. The Labute approximate surface area is 55.5 Å². The van der Waals surface area contributed by atoms with E-state index in [2.05, 4.69) is 16.6 Å². The van der Waals surface area contributed by atoms with Crippen LogP contribution in [0.25, 0.3) is 0 Å². The van der Waals surface area contributed by atoms with E-state index < -0.39 is 0 Å². The van der Waals surface area contributed by atoms with Crippen LogP contribution < -0.4 is 5.32 Å². The van der Waals surface area contributed by atoms with E-state index in [4.69, 9.17) is 0 Å². The zero-order valence-electron chi connectivity index (χ0n) is 4.63. The van der Waals surface area contributed by atoms with E-state index in [-0.39, 0.29) is 15.8 Å². The number of hydrogen-bond donors (Lipinski definition) is 1. The van der Waals surface area contributed by atoms with E-state index in [1.165, 1.54) is 0 Å². The molecule has 48 valence electrons. The van der Waals surface area contributed by atoms with Crippen LogP contribution in [0.2, 0.25) is 0 Å². The molecule has 0 aliphatic carbocycles. The van der Waals surface area contributed by atoms with E-state index in [9.17, 15) is 9.13 Å². The van der Waals surface area contributed by atoms with Gasteiger partial charge in [0.05, 0.1) is 0 Å². The van der Waals surface area contributed by atoms with Gasteiger partial charge in [-0.05, 0) is 0 Å². The maximum absolute atomic E-state index is 9.70. The van der Waals surface area contributed by atoms with Crippen molar-refractivity contribution in [2.45, 2.75) is 0 Å². The molecule has 5 heteroatoms. The van der Waals surface area contributed by atoms with Crippen molar-refractivity contribution in [2.24, 2.45) is 0 Å². The zero-order valence-corrected chi connectivity index (χ0v) is 6.41. The van der Waals surface area contributed by atoms with Gasteiger partial charge in [-0.25, -0.2) is 0 Å². The molecule has 0 aromatic carbocycles. The van der Waals surface area contributed by atoms with E-state index in [0.717, 1.165) is 0 Å². The van der Waals surface area contributed by atoms with Crippen LogP contribution in [0.1, 0.15) is 0 Å². The fourth-order valence-corrected chi connectivity index (χ4v) is 0.592. The Kier molecular flexibility index (Phi) is 7.96. The Balaban J connectivity index is 3.24. The van der Waals surface area contributed by atoms with Gasteiger partial charge >= 0.3 is 54.6 Å². The summed E-state index contributed by atoms with van der Waals surface area (Å²) < 4.78 is 19.4. The molecule has 0 saturated carbocycles. The number of rotatable bonds is 2. The van der Waals surface area contributed by atoms with Crippen LogP contribution in [0.4, 0.5) is 0 Å².